The van der Waals surface area contributed by atoms with Crippen LogP contribution in [0.5, 0.6) is 23.0 Å². The molecule has 2 N–H and O–H groups in total. The Morgan fingerprint density at radius 3 is 1.69 bits per heavy atom. The molecule has 0 amide bonds. The molecule has 0 aliphatic carbocycles. The number of hydrogen-bond acceptors (Lipinski definition) is 10. The number of ketones is 2. The van der Waals surface area contributed by atoms with Gasteiger partial charge in [0.15, 0.2) is 17.1 Å². The Morgan fingerprint density at radius 2 is 1.10 bits per heavy atom. The van der Waals surface area contributed by atoms with Crippen LogP contribution in [-0.2, 0) is 0 Å². The molecule has 2 atom stereocenters. The van der Waals surface area contributed by atoms with Gasteiger partial charge in [-0.05, 0) is 25.0 Å². The Kier molecular flexibility index (Phi) is 7.55. The Morgan fingerprint density at radius 1 is 0.604 bits per heavy atom. The van der Waals surface area contributed by atoms with E-state index in [1.165, 1.54) is 24.3 Å². The van der Waals surface area contributed by atoms with Crippen LogP contribution < -0.4 is 20.7 Å². The van der Waals surface area contributed by atoms with E-state index in [2.05, 4.69) is 0 Å². The minimum atomic E-state index is -0.583. The average molecular weight is 645 g/mol. The molecule has 2 unspecified atom stereocenters. The van der Waals surface area contributed by atoms with Gasteiger partial charge in [0, 0.05) is 48.2 Å². The van der Waals surface area contributed by atoms with Crippen molar-refractivity contribution in [2.75, 3.05) is 0 Å². The van der Waals surface area contributed by atoms with E-state index in [1.54, 1.807) is 13.8 Å². The highest BCUT2D eigenvalue weighted by Crippen LogP contribution is 2.44. The summed E-state index contributed by atoms with van der Waals surface area (Å²) in [5.41, 5.74) is 2.07. The predicted octanol–water partition coefficient (Wildman–Crippen LogP) is 7.04. The van der Waals surface area contributed by atoms with Crippen molar-refractivity contribution in [1.29, 1.82) is 0 Å². The molecule has 0 spiro atoms. The van der Waals surface area contributed by atoms with E-state index in [1.807, 2.05) is 60.7 Å². The van der Waals surface area contributed by atoms with Crippen molar-refractivity contribution in [3.63, 3.8) is 0 Å². The maximum atomic E-state index is 12.5. The summed E-state index contributed by atoms with van der Waals surface area (Å²) >= 11 is 0. The minimum Gasteiger partial charge on any atom is -0.507 e. The molecule has 2 aromatic heterocycles. The zero-order valence-electron chi connectivity index (χ0n) is 25.8. The van der Waals surface area contributed by atoms with Crippen LogP contribution in [0.25, 0.3) is 44.2 Å². The van der Waals surface area contributed by atoms with E-state index in [4.69, 9.17) is 18.3 Å². The number of rotatable bonds is 2. The number of benzene rings is 4. The number of aromatic hydroxyl groups is 2. The van der Waals surface area contributed by atoms with E-state index >= 15 is 0 Å². The van der Waals surface area contributed by atoms with Gasteiger partial charge in [-0.1, -0.05) is 60.7 Å². The number of Topliss-reactive ketones (excluding diaryl/α,β-unsaturated/α-hetero) is 2. The third kappa shape index (κ3) is 5.37. The number of carbonyl (C=O) groups is 2. The summed E-state index contributed by atoms with van der Waals surface area (Å²) in [4.78, 5) is 48.8. The molecule has 2 aliphatic rings. The van der Waals surface area contributed by atoms with Gasteiger partial charge in [0.25, 0.3) is 0 Å². The molecule has 6 aromatic rings. The lowest BCUT2D eigenvalue weighted by atomic mass is 9.94. The van der Waals surface area contributed by atoms with Crippen molar-refractivity contribution in [2.24, 2.45) is 0 Å². The summed E-state index contributed by atoms with van der Waals surface area (Å²) in [6.45, 7) is 3.55. The van der Waals surface area contributed by atoms with E-state index in [0.29, 0.717) is 21.9 Å². The topological polar surface area (TPSA) is 153 Å². The van der Waals surface area contributed by atoms with Crippen molar-refractivity contribution < 1.29 is 38.1 Å². The molecule has 4 aromatic carbocycles. The summed E-state index contributed by atoms with van der Waals surface area (Å²) in [5, 5.41) is 21.9. The first-order valence-electron chi connectivity index (χ1n) is 15.3. The molecule has 10 heteroatoms. The fourth-order valence-electron chi connectivity index (χ4n) is 6.25. The van der Waals surface area contributed by atoms with Gasteiger partial charge in [0.1, 0.15) is 51.9 Å². The zero-order valence-corrected chi connectivity index (χ0v) is 25.8. The SMILES string of the molecule is CC1CC(=O)c2c(cc(O)c3c(-c4ccccc4)cc(=O)oc23)O1.CC1CC(=O)c2c(cc3oc(=O)cc(-c4ccccc4)c3c2O)O1. The third-order valence-electron chi connectivity index (χ3n) is 8.26. The minimum absolute atomic E-state index is 0.0771. The lowest BCUT2D eigenvalue weighted by Gasteiger charge is -2.23. The van der Waals surface area contributed by atoms with Gasteiger partial charge in [-0.25, -0.2) is 9.59 Å². The van der Waals surface area contributed by atoms with Crippen LogP contribution in [-0.4, -0.2) is 34.0 Å². The van der Waals surface area contributed by atoms with Gasteiger partial charge in [-0.15, -0.1) is 0 Å². The van der Waals surface area contributed by atoms with Crippen molar-refractivity contribution in [3.8, 4) is 45.3 Å². The molecular weight excluding hydrogens is 616 g/mol. The Bertz CT molecular complexity index is 2320. The summed E-state index contributed by atoms with van der Waals surface area (Å²) in [6.07, 6.45) is -0.174. The van der Waals surface area contributed by atoms with E-state index in [9.17, 15) is 29.4 Å². The number of fused-ring (bicyclic) bond motifs is 5. The molecule has 10 nitrogen and oxygen atoms in total. The molecule has 2 aliphatic heterocycles. The summed E-state index contributed by atoms with van der Waals surface area (Å²) in [5.74, 6) is -0.153. The van der Waals surface area contributed by atoms with Crippen LogP contribution in [0.4, 0.5) is 0 Å². The van der Waals surface area contributed by atoms with E-state index in [0.717, 1.165) is 11.1 Å². The lowest BCUT2D eigenvalue weighted by molar-refractivity contribution is 0.0858. The second kappa shape index (κ2) is 11.9. The smallest absolute Gasteiger partial charge is 0.336 e. The Hall–Kier alpha value is -6.16. The van der Waals surface area contributed by atoms with Gasteiger partial charge < -0.3 is 28.5 Å². The van der Waals surface area contributed by atoms with Gasteiger partial charge in [-0.2, -0.15) is 0 Å². The molecule has 0 saturated heterocycles. The van der Waals surface area contributed by atoms with Gasteiger partial charge >= 0.3 is 11.3 Å². The monoisotopic (exact) mass is 644 g/mol. The molecular formula is C38H28O10. The van der Waals surface area contributed by atoms with Crippen molar-refractivity contribution in [1.82, 2.24) is 0 Å². The molecule has 0 saturated carbocycles. The Labute approximate surface area is 272 Å². The van der Waals surface area contributed by atoms with Crippen molar-refractivity contribution in [2.45, 2.75) is 38.9 Å². The highest BCUT2D eigenvalue weighted by atomic mass is 16.5. The molecule has 0 fully saturated rings. The fraction of sp³-hybridized carbons (Fsp3) is 0.158. The number of carbonyl (C=O) groups excluding carboxylic acids is 2. The number of ether oxygens (including phenoxy) is 2. The molecule has 240 valence electrons. The molecule has 0 radical (unpaired) electrons. The van der Waals surface area contributed by atoms with Crippen LogP contribution in [0.3, 0.4) is 0 Å². The van der Waals surface area contributed by atoms with E-state index in [-0.39, 0.29) is 81.9 Å². The largest absolute Gasteiger partial charge is 0.507 e. The number of hydrogen-bond donors (Lipinski definition) is 2. The van der Waals surface area contributed by atoms with Gasteiger partial charge in [-0.3, -0.25) is 9.59 Å². The second-order valence-electron chi connectivity index (χ2n) is 11.7. The summed E-state index contributed by atoms with van der Waals surface area (Å²) in [7, 11) is 0. The zero-order chi connectivity index (χ0) is 33.7. The standard InChI is InChI=1S/2C19H14O5/c1-10-7-13(20)18-15(23-10)9-14-17(19(18)22)12(8-16(21)24-14)11-5-3-2-4-6-11;1-10-7-13(20)18-15(23-10)9-14(21)17-12(8-16(22)24-19(17)18)11-5-3-2-4-6-11/h2-6,8-10,22H,7H2,1H3;2-6,8-10,21H,7H2,1H3. The van der Waals surface area contributed by atoms with Crippen LogP contribution in [0, 0.1) is 0 Å². The van der Waals surface area contributed by atoms with Crippen molar-refractivity contribution >= 4 is 33.5 Å². The van der Waals surface area contributed by atoms with Crippen molar-refractivity contribution in [3.05, 3.63) is 117 Å². The molecule has 8 rings (SSSR count). The first-order chi connectivity index (χ1) is 23.1. The quantitative estimate of drug-likeness (QED) is 0.188. The molecule has 48 heavy (non-hydrogen) atoms. The normalized spacial score (nSPS) is 16.7. The summed E-state index contributed by atoms with van der Waals surface area (Å²) < 4.78 is 21.8. The molecule has 0 bridgehead atoms. The second-order valence-corrected chi connectivity index (χ2v) is 11.7. The average Bonchev–Trinajstić information content (AvgIpc) is 3.04. The maximum Gasteiger partial charge on any atom is 0.336 e. The molecule has 4 heterocycles. The van der Waals surface area contributed by atoms with Crippen LogP contribution in [0.1, 0.15) is 47.4 Å². The van der Waals surface area contributed by atoms with Gasteiger partial charge in [0.2, 0.25) is 0 Å². The van der Waals surface area contributed by atoms with E-state index < -0.39 is 11.3 Å². The predicted molar refractivity (Wildman–Crippen MR) is 177 cm³/mol. The Balaban J connectivity index is 0.000000152. The highest BCUT2D eigenvalue weighted by molar-refractivity contribution is 6.13. The highest BCUT2D eigenvalue weighted by Gasteiger charge is 2.31. The maximum absolute atomic E-state index is 12.5. The van der Waals surface area contributed by atoms with Crippen LogP contribution in [0.15, 0.2) is 103 Å². The van der Waals surface area contributed by atoms with Gasteiger partial charge in [0.05, 0.1) is 10.8 Å². The first-order valence-corrected chi connectivity index (χ1v) is 15.3. The summed E-state index contributed by atoms with van der Waals surface area (Å²) in [6, 6.07) is 23.9. The van der Waals surface area contributed by atoms with Crippen LogP contribution in [0.2, 0.25) is 0 Å². The number of phenolic OH excluding ortho intramolecular Hbond substituents is 2. The fourth-order valence-corrected chi connectivity index (χ4v) is 6.25. The number of phenols is 2. The first kappa shape index (κ1) is 30.5. The van der Waals surface area contributed by atoms with Crippen LogP contribution >= 0.6 is 0 Å². The lowest BCUT2D eigenvalue weighted by Crippen LogP contribution is -2.24. The third-order valence-corrected chi connectivity index (χ3v) is 8.26.